The van der Waals surface area contributed by atoms with Gasteiger partial charge in [-0.05, 0) is 37.0 Å². The summed E-state index contributed by atoms with van der Waals surface area (Å²) in [6.07, 6.45) is 1.51. The van der Waals surface area contributed by atoms with Crippen LogP contribution in [0.25, 0.3) is 0 Å². The number of anilines is 1. The third-order valence-corrected chi connectivity index (χ3v) is 3.38. The van der Waals surface area contributed by atoms with Crippen LogP contribution in [-0.4, -0.2) is 11.9 Å². The lowest BCUT2D eigenvalue weighted by atomic mass is 10.0. The number of nitrogens with one attached hydrogen (secondary N) is 1. The van der Waals surface area contributed by atoms with Crippen LogP contribution in [0.2, 0.25) is 0 Å². The number of hydrogen-bond donors (Lipinski definition) is 2. The molecule has 2 aromatic rings. The van der Waals surface area contributed by atoms with E-state index in [-0.39, 0.29) is 11.9 Å². The summed E-state index contributed by atoms with van der Waals surface area (Å²) in [4.78, 5) is 11.6. The second kappa shape index (κ2) is 6.75. The molecular formula is C17H20N2O. The predicted octanol–water partition coefficient (Wildman–Crippen LogP) is 2.89. The maximum atomic E-state index is 11.6. The Bertz CT molecular complexity index is 566. The van der Waals surface area contributed by atoms with Crippen LogP contribution in [0.15, 0.2) is 54.6 Å². The van der Waals surface area contributed by atoms with Crippen molar-refractivity contribution in [3.8, 4) is 0 Å². The van der Waals surface area contributed by atoms with Crippen LogP contribution in [0.5, 0.6) is 0 Å². The minimum atomic E-state index is -0.351. The monoisotopic (exact) mass is 268 g/mol. The van der Waals surface area contributed by atoms with E-state index in [0.29, 0.717) is 6.42 Å². The Balaban J connectivity index is 2.01. The van der Waals surface area contributed by atoms with Crippen LogP contribution in [0.3, 0.4) is 0 Å². The zero-order valence-corrected chi connectivity index (χ0v) is 11.7. The molecule has 0 aliphatic carbocycles. The van der Waals surface area contributed by atoms with E-state index in [9.17, 15) is 4.79 Å². The quantitative estimate of drug-likeness (QED) is 0.846. The van der Waals surface area contributed by atoms with Gasteiger partial charge in [-0.2, -0.15) is 0 Å². The number of carbonyl (C=O) groups is 1. The minimum absolute atomic E-state index is 0.316. The van der Waals surface area contributed by atoms with Crippen molar-refractivity contribution < 1.29 is 4.79 Å². The van der Waals surface area contributed by atoms with Gasteiger partial charge in [0.25, 0.3) is 0 Å². The minimum Gasteiger partial charge on any atom is -0.373 e. The van der Waals surface area contributed by atoms with Crippen molar-refractivity contribution in [2.45, 2.75) is 25.8 Å². The molecule has 20 heavy (non-hydrogen) atoms. The molecule has 1 atom stereocenters. The number of primary amides is 1. The van der Waals surface area contributed by atoms with Crippen molar-refractivity contribution in [1.29, 1.82) is 0 Å². The molecule has 0 saturated carbocycles. The van der Waals surface area contributed by atoms with E-state index >= 15 is 0 Å². The Morgan fingerprint density at radius 2 is 1.75 bits per heavy atom. The zero-order chi connectivity index (χ0) is 14.4. The third kappa shape index (κ3) is 3.85. The molecule has 0 fully saturated rings. The smallest absolute Gasteiger partial charge is 0.239 e. The highest BCUT2D eigenvalue weighted by Gasteiger charge is 2.15. The third-order valence-electron chi connectivity index (χ3n) is 3.38. The molecule has 0 saturated heterocycles. The summed E-state index contributed by atoms with van der Waals surface area (Å²) in [5.74, 6) is -0.316. The highest BCUT2D eigenvalue weighted by molar-refractivity contribution is 5.83. The van der Waals surface area contributed by atoms with Crippen molar-refractivity contribution in [1.82, 2.24) is 0 Å². The number of aryl methyl sites for hydroxylation is 2. The van der Waals surface area contributed by atoms with E-state index in [1.54, 1.807) is 0 Å². The Morgan fingerprint density at radius 3 is 2.40 bits per heavy atom. The maximum Gasteiger partial charge on any atom is 0.239 e. The molecule has 0 aliphatic heterocycles. The first-order valence-electron chi connectivity index (χ1n) is 6.82. The summed E-state index contributed by atoms with van der Waals surface area (Å²) in [5.41, 5.74) is 8.78. The largest absolute Gasteiger partial charge is 0.373 e. The van der Waals surface area contributed by atoms with Gasteiger partial charge in [-0.25, -0.2) is 0 Å². The van der Waals surface area contributed by atoms with Crippen LogP contribution >= 0.6 is 0 Å². The van der Waals surface area contributed by atoms with E-state index < -0.39 is 0 Å². The van der Waals surface area contributed by atoms with Gasteiger partial charge >= 0.3 is 0 Å². The fraction of sp³-hybridized carbons (Fsp3) is 0.235. The van der Waals surface area contributed by atoms with Gasteiger partial charge in [0.05, 0.1) is 0 Å². The molecular weight excluding hydrogens is 248 g/mol. The average molecular weight is 268 g/mol. The van der Waals surface area contributed by atoms with Gasteiger partial charge in [0.15, 0.2) is 0 Å². The number of benzene rings is 2. The molecule has 3 nitrogen and oxygen atoms in total. The summed E-state index contributed by atoms with van der Waals surface area (Å²) in [6, 6.07) is 17.7. The van der Waals surface area contributed by atoms with Gasteiger partial charge in [0, 0.05) is 5.69 Å². The highest BCUT2D eigenvalue weighted by atomic mass is 16.1. The second-order valence-corrected chi connectivity index (χ2v) is 4.94. The molecule has 0 aliphatic rings. The highest BCUT2D eigenvalue weighted by Crippen LogP contribution is 2.16. The molecule has 104 valence electrons. The lowest BCUT2D eigenvalue weighted by Gasteiger charge is -2.18. The first-order chi connectivity index (χ1) is 9.66. The van der Waals surface area contributed by atoms with Crippen LogP contribution in [0.4, 0.5) is 5.69 Å². The number of rotatable bonds is 6. The second-order valence-electron chi connectivity index (χ2n) is 4.94. The van der Waals surface area contributed by atoms with Crippen molar-refractivity contribution in [2.24, 2.45) is 5.73 Å². The van der Waals surface area contributed by atoms with Crippen molar-refractivity contribution >= 4 is 11.6 Å². The Hall–Kier alpha value is -2.29. The molecule has 3 heteroatoms. The van der Waals surface area contributed by atoms with E-state index in [0.717, 1.165) is 17.7 Å². The van der Waals surface area contributed by atoms with Gasteiger partial charge in [-0.3, -0.25) is 4.79 Å². The number of para-hydroxylation sites is 1. The molecule has 0 aromatic heterocycles. The van der Waals surface area contributed by atoms with Gasteiger partial charge < -0.3 is 11.1 Å². The number of amides is 1. The Morgan fingerprint density at radius 1 is 1.10 bits per heavy atom. The van der Waals surface area contributed by atoms with Crippen LogP contribution in [0.1, 0.15) is 17.5 Å². The SMILES string of the molecule is Cc1ccccc1NC(CCc1ccccc1)C(N)=O. The van der Waals surface area contributed by atoms with E-state index in [1.807, 2.05) is 49.4 Å². The summed E-state index contributed by atoms with van der Waals surface area (Å²) >= 11 is 0. The van der Waals surface area contributed by atoms with Gasteiger partial charge in [-0.1, -0.05) is 48.5 Å². The van der Waals surface area contributed by atoms with Crippen LogP contribution in [-0.2, 0) is 11.2 Å². The van der Waals surface area contributed by atoms with E-state index in [2.05, 4.69) is 17.4 Å². The first kappa shape index (κ1) is 14.1. The molecule has 0 radical (unpaired) electrons. The lowest BCUT2D eigenvalue weighted by molar-refractivity contribution is -0.118. The molecule has 1 unspecified atom stereocenters. The lowest BCUT2D eigenvalue weighted by Crippen LogP contribution is -2.36. The van der Waals surface area contributed by atoms with Crippen molar-refractivity contribution in [2.75, 3.05) is 5.32 Å². The fourth-order valence-electron chi connectivity index (χ4n) is 2.16. The Labute approximate surface area is 119 Å². The molecule has 0 spiro atoms. The molecule has 2 aromatic carbocycles. The van der Waals surface area contributed by atoms with E-state index in [4.69, 9.17) is 5.73 Å². The van der Waals surface area contributed by atoms with Crippen molar-refractivity contribution in [3.63, 3.8) is 0 Å². The van der Waals surface area contributed by atoms with Crippen molar-refractivity contribution in [3.05, 3.63) is 65.7 Å². The van der Waals surface area contributed by atoms with Gasteiger partial charge in [0.1, 0.15) is 6.04 Å². The number of carbonyl (C=O) groups excluding carboxylic acids is 1. The predicted molar refractivity (Wildman–Crippen MR) is 82.5 cm³/mol. The average Bonchev–Trinajstić information content (AvgIpc) is 2.46. The topological polar surface area (TPSA) is 55.1 Å². The van der Waals surface area contributed by atoms with Gasteiger partial charge in [0.2, 0.25) is 5.91 Å². The first-order valence-corrected chi connectivity index (χ1v) is 6.82. The summed E-state index contributed by atoms with van der Waals surface area (Å²) in [5, 5.41) is 3.24. The van der Waals surface area contributed by atoms with Gasteiger partial charge in [-0.15, -0.1) is 0 Å². The maximum absolute atomic E-state index is 11.6. The summed E-state index contributed by atoms with van der Waals surface area (Å²) in [7, 11) is 0. The normalized spacial score (nSPS) is 11.8. The Kier molecular flexibility index (Phi) is 4.77. The molecule has 2 rings (SSSR count). The van der Waals surface area contributed by atoms with E-state index in [1.165, 1.54) is 5.56 Å². The molecule has 0 heterocycles. The zero-order valence-electron chi connectivity index (χ0n) is 11.7. The number of nitrogens with two attached hydrogens (primary N) is 1. The van der Waals surface area contributed by atoms with Crippen LogP contribution < -0.4 is 11.1 Å². The molecule has 0 bridgehead atoms. The molecule has 3 N–H and O–H groups in total. The fourth-order valence-corrected chi connectivity index (χ4v) is 2.16. The number of hydrogen-bond acceptors (Lipinski definition) is 2. The summed E-state index contributed by atoms with van der Waals surface area (Å²) in [6.45, 7) is 2.01. The standard InChI is InChI=1S/C17H20N2O/c1-13-7-5-6-10-15(13)19-16(17(18)20)12-11-14-8-3-2-4-9-14/h2-10,16,19H,11-12H2,1H3,(H2,18,20). The molecule has 1 amide bonds. The van der Waals surface area contributed by atoms with Crippen LogP contribution in [0, 0.1) is 6.92 Å². The summed E-state index contributed by atoms with van der Waals surface area (Å²) < 4.78 is 0.